The standard InChI is InChI=1S/C15H31/c1-5-6-7-8-9-10-11-12-13-15(4)14(2)3/h12,14-15H,5-11,13H2,1-4H3. The fraction of sp³-hybridized carbons (Fsp3) is 0.933. The van der Waals surface area contributed by atoms with Crippen LogP contribution in [0.2, 0.25) is 0 Å². The SMILES string of the molecule is CCCCCCCC[CH]CC(C)C(C)C. The van der Waals surface area contributed by atoms with E-state index < -0.39 is 0 Å². The van der Waals surface area contributed by atoms with Crippen LogP contribution in [0.15, 0.2) is 0 Å². The maximum absolute atomic E-state index is 2.50. The zero-order valence-electron chi connectivity index (χ0n) is 11.4. The van der Waals surface area contributed by atoms with E-state index in [0.717, 1.165) is 11.8 Å². The first-order chi connectivity index (χ1) is 7.18. The molecule has 0 spiro atoms. The number of rotatable bonds is 10. The Bertz CT molecular complexity index is 115. The van der Waals surface area contributed by atoms with Crippen LogP contribution in [0.4, 0.5) is 0 Å². The summed E-state index contributed by atoms with van der Waals surface area (Å²) in [6, 6.07) is 0. The highest BCUT2D eigenvalue weighted by Gasteiger charge is 2.05. The molecule has 0 saturated carbocycles. The van der Waals surface area contributed by atoms with Crippen LogP contribution in [-0.4, -0.2) is 0 Å². The number of hydrogen-bond acceptors (Lipinski definition) is 0. The van der Waals surface area contributed by atoms with Gasteiger partial charge in [0.2, 0.25) is 0 Å². The van der Waals surface area contributed by atoms with Crippen LogP contribution in [0.25, 0.3) is 0 Å². The first-order valence-electron chi connectivity index (χ1n) is 7.00. The molecule has 0 nitrogen and oxygen atoms in total. The van der Waals surface area contributed by atoms with Gasteiger partial charge in [0.1, 0.15) is 0 Å². The van der Waals surface area contributed by atoms with E-state index in [2.05, 4.69) is 34.1 Å². The molecule has 15 heavy (non-hydrogen) atoms. The van der Waals surface area contributed by atoms with E-state index in [0.29, 0.717) is 0 Å². The van der Waals surface area contributed by atoms with Crippen molar-refractivity contribution < 1.29 is 0 Å². The highest BCUT2D eigenvalue weighted by molar-refractivity contribution is 4.70. The molecule has 0 amide bonds. The second-order valence-electron chi connectivity index (χ2n) is 5.30. The third-order valence-electron chi connectivity index (χ3n) is 3.44. The predicted octanol–water partition coefficient (Wildman–Crippen LogP) is 5.62. The summed E-state index contributed by atoms with van der Waals surface area (Å²) in [6.45, 7) is 9.29. The summed E-state index contributed by atoms with van der Waals surface area (Å²) >= 11 is 0. The zero-order chi connectivity index (χ0) is 11.5. The average molecular weight is 211 g/mol. The Morgan fingerprint density at radius 3 is 2.07 bits per heavy atom. The van der Waals surface area contributed by atoms with E-state index >= 15 is 0 Å². The summed E-state index contributed by atoms with van der Waals surface area (Å²) in [7, 11) is 0. The van der Waals surface area contributed by atoms with Crippen molar-refractivity contribution in [2.45, 2.75) is 79.1 Å². The molecule has 0 aliphatic carbocycles. The Balaban J connectivity index is 3.05. The maximum Gasteiger partial charge on any atom is -0.0383 e. The highest BCUT2D eigenvalue weighted by atomic mass is 14.1. The first-order valence-corrected chi connectivity index (χ1v) is 7.00. The summed E-state index contributed by atoms with van der Waals surface area (Å²) in [6.07, 6.45) is 13.7. The lowest BCUT2D eigenvalue weighted by Gasteiger charge is -2.14. The normalized spacial score (nSPS) is 13.4. The molecule has 0 bridgehead atoms. The monoisotopic (exact) mass is 211 g/mol. The van der Waals surface area contributed by atoms with Crippen LogP contribution >= 0.6 is 0 Å². The van der Waals surface area contributed by atoms with Crippen molar-refractivity contribution in [3.63, 3.8) is 0 Å². The van der Waals surface area contributed by atoms with Gasteiger partial charge < -0.3 is 0 Å². The molecule has 0 heterocycles. The predicted molar refractivity (Wildman–Crippen MR) is 70.9 cm³/mol. The Labute approximate surface area is 97.8 Å². The van der Waals surface area contributed by atoms with E-state index in [1.54, 1.807) is 0 Å². The van der Waals surface area contributed by atoms with Gasteiger partial charge in [0.05, 0.1) is 0 Å². The minimum absolute atomic E-state index is 0.839. The molecule has 0 heteroatoms. The second kappa shape index (κ2) is 10.5. The summed E-state index contributed by atoms with van der Waals surface area (Å²) in [5, 5.41) is 0. The van der Waals surface area contributed by atoms with Gasteiger partial charge in [-0.1, -0.05) is 72.6 Å². The summed E-state index contributed by atoms with van der Waals surface area (Å²) < 4.78 is 0. The summed E-state index contributed by atoms with van der Waals surface area (Å²) in [5.41, 5.74) is 0. The Morgan fingerprint density at radius 1 is 0.867 bits per heavy atom. The molecule has 1 atom stereocenters. The minimum atomic E-state index is 0.839. The van der Waals surface area contributed by atoms with Crippen molar-refractivity contribution in [3.05, 3.63) is 6.42 Å². The van der Waals surface area contributed by atoms with Crippen LogP contribution in [0.5, 0.6) is 0 Å². The molecule has 1 radical (unpaired) electrons. The van der Waals surface area contributed by atoms with Crippen molar-refractivity contribution in [1.82, 2.24) is 0 Å². The van der Waals surface area contributed by atoms with Crippen LogP contribution in [0.3, 0.4) is 0 Å². The molecule has 91 valence electrons. The summed E-state index contributed by atoms with van der Waals surface area (Å²) in [5.74, 6) is 1.70. The van der Waals surface area contributed by atoms with Gasteiger partial charge in [-0.25, -0.2) is 0 Å². The maximum atomic E-state index is 2.50. The van der Waals surface area contributed by atoms with Crippen LogP contribution < -0.4 is 0 Å². The highest BCUT2D eigenvalue weighted by Crippen LogP contribution is 2.17. The quantitative estimate of drug-likeness (QED) is 0.411. The van der Waals surface area contributed by atoms with E-state index in [-0.39, 0.29) is 0 Å². The van der Waals surface area contributed by atoms with Gasteiger partial charge in [-0.2, -0.15) is 0 Å². The molecule has 0 aromatic heterocycles. The van der Waals surface area contributed by atoms with Gasteiger partial charge in [0, 0.05) is 0 Å². The number of hydrogen-bond donors (Lipinski definition) is 0. The molecular formula is C15H31. The van der Waals surface area contributed by atoms with Crippen LogP contribution in [-0.2, 0) is 0 Å². The van der Waals surface area contributed by atoms with E-state index in [1.807, 2.05) is 0 Å². The fourth-order valence-corrected chi connectivity index (χ4v) is 1.72. The average Bonchev–Trinajstić information content (AvgIpc) is 2.21. The molecule has 0 fully saturated rings. The molecule has 0 aromatic carbocycles. The van der Waals surface area contributed by atoms with Crippen molar-refractivity contribution in [3.8, 4) is 0 Å². The lowest BCUT2D eigenvalue weighted by atomic mass is 9.92. The summed E-state index contributed by atoms with van der Waals surface area (Å²) in [4.78, 5) is 0. The minimum Gasteiger partial charge on any atom is -0.0654 e. The Morgan fingerprint density at radius 2 is 1.47 bits per heavy atom. The van der Waals surface area contributed by atoms with Crippen molar-refractivity contribution in [2.75, 3.05) is 0 Å². The molecule has 0 aromatic rings. The fourth-order valence-electron chi connectivity index (χ4n) is 1.72. The van der Waals surface area contributed by atoms with Crippen LogP contribution in [0.1, 0.15) is 79.1 Å². The van der Waals surface area contributed by atoms with Gasteiger partial charge in [-0.05, 0) is 24.7 Å². The van der Waals surface area contributed by atoms with Crippen LogP contribution in [0, 0.1) is 18.3 Å². The molecule has 0 aliphatic heterocycles. The molecule has 1 unspecified atom stereocenters. The zero-order valence-corrected chi connectivity index (χ0v) is 11.4. The van der Waals surface area contributed by atoms with Gasteiger partial charge in [-0.15, -0.1) is 0 Å². The smallest absolute Gasteiger partial charge is 0.0383 e. The van der Waals surface area contributed by atoms with E-state index in [1.165, 1.54) is 51.4 Å². The molecule has 0 N–H and O–H groups in total. The topological polar surface area (TPSA) is 0 Å². The van der Waals surface area contributed by atoms with E-state index in [9.17, 15) is 0 Å². The van der Waals surface area contributed by atoms with Crippen molar-refractivity contribution >= 4 is 0 Å². The Kier molecular flexibility index (Phi) is 10.5. The third-order valence-corrected chi connectivity index (χ3v) is 3.44. The number of unbranched alkanes of at least 4 members (excludes halogenated alkanes) is 7. The Hall–Kier alpha value is 0. The molecule has 0 saturated heterocycles. The van der Waals surface area contributed by atoms with Crippen molar-refractivity contribution in [1.29, 1.82) is 0 Å². The van der Waals surface area contributed by atoms with Gasteiger partial charge in [-0.3, -0.25) is 0 Å². The van der Waals surface area contributed by atoms with Gasteiger partial charge >= 0.3 is 0 Å². The van der Waals surface area contributed by atoms with Gasteiger partial charge in [0.15, 0.2) is 0 Å². The second-order valence-corrected chi connectivity index (χ2v) is 5.30. The first kappa shape index (κ1) is 15.0. The third kappa shape index (κ3) is 10.3. The largest absolute Gasteiger partial charge is 0.0654 e. The molecule has 0 aliphatic rings. The molecular weight excluding hydrogens is 180 g/mol. The van der Waals surface area contributed by atoms with Crippen molar-refractivity contribution in [2.24, 2.45) is 11.8 Å². The van der Waals surface area contributed by atoms with Gasteiger partial charge in [0.25, 0.3) is 0 Å². The van der Waals surface area contributed by atoms with E-state index in [4.69, 9.17) is 0 Å². The lowest BCUT2D eigenvalue weighted by Crippen LogP contribution is -2.03. The lowest BCUT2D eigenvalue weighted by molar-refractivity contribution is 0.408. The molecule has 0 rings (SSSR count).